The first-order valence-corrected chi connectivity index (χ1v) is 5.72. The number of methoxy groups -OCH3 is 2. The van der Waals surface area contributed by atoms with Crippen LogP contribution in [-0.4, -0.2) is 26.3 Å². The molecule has 0 saturated heterocycles. The molecule has 0 amide bonds. The highest BCUT2D eigenvalue weighted by atomic mass is 16.5. The molecule has 0 fully saturated rings. The van der Waals surface area contributed by atoms with Gasteiger partial charge in [0.2, 0.25) is 0 Å². The second-order valence-corrected chi connectivity index (χ2v) is 4.62. The Bertz CT molecular complexity index is 364. The van der Waals surface area contributed by atoms with Gasteiger partial charge in [-0.3, -0.25) is 0 Å². The lowest BCUT2D eigenvalue weighted by molar-refractivity contribution is 0.355. The molecule has 0 atom stereocenters. The minimum Gasteiger partial charge on any atom is -0.493 e. The second-order valence-electron chi connectivity index (χ2n) is 4.62. The van der Waals surface area contributed by atoms with Gasteiger partial charge in [0.05, 0.1) is 14.2 Å². The molecule has 0 heterocycles. The van der Waals surface area contributed by atoms with Gasteiger partial charge in [-0.2, -0.15) is 0 Å². The summed E-state index contributed by atoms with van der Waals surface area (Å²) in [5.74, 6) is 1.45. The maximum absolute atomic E-state index is 5.59. The van der Waals surface area contributed by atoms with Gasteiger partial charge >= 0.3 is 0 Å². The van der Waals surface area contributed by atoms with E-state index in [1.807, 2.05) is 18.2 Å². The molecule has 0 unspecified atom stereocenters. The summed E-state index contributed by atoms with van der Waals surface area (Å²) in [5.41, 5.74) is 6.55. The number of ether oxygens (including phenoxy) is 2. The Morgan fingerprint density at radius 2 is 1.82 bits per heavy atom. The lowest BCUT2D eigenvalue weighted by Gasteiger charge is -2.27. The van der Waals surface area contributed by atoms with Crippen LogP contribution in [0, 0.1) is 0 Å². The van der Waals surface area contributed by atoms with E-state index in [1.165, 1.54) is 0 Å². The zero-order valence-corrected chi connectivity index (χ0v) is 11.0. The van der Waals surface area contributed by atoms with Crippen molar-refractivity contribution >= 4 is 5.69 Å². The molecule has 0 aliphatic carbocycles. The van der Waals surface area contributed by atoms with Crippen molar-refractivity contribution in [2.24, 2.45) is 5.73 Å². The van der Waals surface area contributed by atoms with E-state index in [2.05, 4.69) is 19.2 Å². The van der Waals surface area contributed by atoms with Crippen LogP contribution < -0.4 is 20.5 Å². The van der Waals surface area contributed by atoms with Crippen LogP contribution in [0.1, 0.15) is 20.3 Å². The van der Waals surface area contributed by atoms with E-state index in [0.717, 1.165) is 23.6 Å². The molecular formula is C13H22N2O2. The summed E-state index contributed by atoms with van der Waals surface area (Å²) < 4.78 is 10.5. The van der Waals surface area contributed by atoms with Crippen LogP contribution >= 0.6 is 0 Å². The highest BCUT2D eigenvalue weighted by molar-refractivity contribution is 5.55. The summed E-state index contributed by atoms with van der Waals surface area (Å²) in [7, 11) is 3.26. The van der Waals surface area contributed by atoms with Crippen molar-refractivity contribution in [3.63, 3.8) is 0 Å². The SMILES string of the molecule is COc1ccc(NC(C)(C)CCN)cc1OC. The number of nitrogens with two attached hydrogens (primary N) is 1. The zero-order chi connectivity index (χ0) is 12.9. The predicted molar refractivity (Wildman–Crippen MR) is 70.9 cm³/mol. The number of anilines is 1. The smallest absolute Gasteiger partial charge is 0.162 e. The van der Waals surface area contributed by atoms with Gasteiger partial charge in [0, 0.05) is 17.3 Å². The van der Waals surface area contributed by atoms with Crippen LogP contribution in [0.15, 0.2) is 18.2 Å². The molecule has 0 aromatic heterocycles. The van der Waals surface area contributed by atoms with Crippen LogP contribution in [0.25, 0.3) is 0 Å². The maximum Gasteiger partial charge on any atom is 0.162 e. The topological polar surface area (TPSA) is 56.5 Å². The lowest BCUT2D eigenvalue weighted by atomic mass is 10.0. The van der Waals surface area contributed by atoms with Crippen molar-refractivity contribution < 1.29 is 9.47 Å². The van der Waals surface area contributed by atoms with Crippen LogP contribution in [0.5, 0.6) is 11.5 Å². The first-order valence-electron chi connectivity index (χ1n) is 5.72. The number of hydrogen-bond acceptors (Lipinski definition) is 4. The third kappa shape index (κ3) is 3.82. The quantitative estimate of drug-likeness (QED) is 0.798. The van der Waals surface area contributed by atoms with E-state index in [0.29, 0.717) is 6.54 Å². The molecule has 1 aromatic carbocycles. The van der Waals surface area contributed by atoms with Gasteiger partial charge in [-0.25, -0.2) is 0 Å². The van der Waals surface area contributed by atoms with Gasteiger partial charge in [0.25, 0.3) is 0 Å². The molecule has 0 saturated carbocycles. The first kappa shape index (κ1) is 13.6. The standard InChI is InChI=1S/C13H22N2O2/c1-13(2,7-8-14)15-10-5-6-11(16-3)12(9-10)17-4/h5-6,9,15H,7-8,14H2,1-4H3. The van der Waals surface area contributed by atoms with Crippen molar-refractivity contribution in [1.82, 2.24) is 0 Å². The van der Waals surface area contributed by atoms with Crippen LogP contribution in [0.4, 0.5) is 5.69 Å². The van der Waals surface area contributed by atoms with Gasteiger partial charge in [0.15, 0.2) is 11.5 Å². The molecule has 4 heteroatoms. The van der Waals surface area contributed by atoms with Crippen molar-refractivity contribution in [2.75, 3.05) is 26.1 Å². The molecule has 3 N–H and O–H groups in total. The average molecular weight is 238 g/mol. The van der Waals surface area contributed by atoms with Crippen molar-refractivity contribution in [3.8, 4) is 11.5 Å². The summed E-state index contributed by atoms with van der Waals surface area (Å²) >= 11 is 0. The molecule has 0 aliphatic heterocycles. The Labute approximate surface area is 103 Å². The molecule has 0 radical (unpaired) electrons. The lowest BCUT2D eigenvalue weighted by Crippen LogP contribution is -2.33. The van der Waals surface area contributed by atoms with Gasteiger partial charge < -0.3 is 20.5 Å². The van der Waals surface area contributed by atoms with Crippen LogP contribution in [0.3, 0.4) is 0 Å². The molecule has 1 rings (SSSR count). The van der Waals surface area contributed by atoms with E-state index in [9.17, 15) is 0 Å². The van der Waals surface area contributed by atoms with Crippen molar-refractivity contribution in [3.05, 3.63) is 18.2 Å². The Kier molecular flexibility index (Phi) is 4.63. The third-order valence-corrected chi connectivity index (χ3v) is 2.64. The minimum atomic E-state index is -0.0334. The van der Waals surface area contributed by atoms with E-state index in [4.69, 9.17) is 15.2 Å². The predicted octanol–water partition coefficient (Wildman–Crippen LogP) is 2.24. The molecule has 0 spiro atoms. The van der Waals surface area contributed by atoms with Gasteiger partial charge in [-0.15, -0.1) is 0 Å². The minimum absolute atomic E-state index is 0.0334. The fourth-order valence-electron chi connectivity index (χ4n) is 1.73. The molecule has 4 nitrogen and oxygen atoms in total. The van der Waals surface area contributed by atoms with E-state index in [1.54, 1.807) is 14.2 Å². The monoisotopic (exact) mass is 238 g/mol. The molecule has 17 heavy (non-hydrogen) atoms. The number of benzene rings is 1. The summed E-state index contributed by atoms with van der Waals surface area (Å²) in [6.07, 6.45) is 0.904. The normalized spacial score (nSPS) is 11.1. The molecule has 1 aromatic rings. The van der Waals surface area contributed by atoms with Gasteiger partial charge in [0.1, 0.15) is 0 Å². The number of rotatable bonds is 6. The molecular weight excluding hydrogens is 216 g/mol. The Morgan fingerprint density at radius 1 is 1.18 bits per heavy atom. The van der Waals surface area contributed by atoms with Gasteiger partial charge in [-0.05, 0) is 38.9 Å². The van der Waals surface area contributed by atoms with E-state index < -0.39 is 0 Å². The molecule has 0 aliphatic rings. The van der Waals surface area contributed by atoms with Crippen LogP contribution in [-0.2, 0) is 0 Å². The number of nitrogens with one attached hydrogen (secondary N) is 1. The zero-order valence-electron chi connectivity index (χ0n) is 11.0. The summed E-state index contributed by atoms with van der Waals surface area (Å²) in [6, 6.07) is 5.79. The largest absolute Gasteiger partial charge is 0.493 e. The average Bonchev–Trinajstić information content (AvgIpc) is 2.28. The fourth-order valence-corrected chi connectivity index (χ4v) is 1.73. The number of hydrogen-bond donors (Lipinski definition) is 2. The first-order chi connectivity index (χ1) is 8.02. The summed E-state index contributed by atoms with van der Waals surface area (Å²) in [4.78, 5) is 0. The summed E-state index contributed by atoms with van der Waals surface area (Å²) in [5, 5.41) is 3.43. The molecule has 0 bridgehead atoms. The maximum atomic E-state index is 5.59. The highest BCUT2D eigenvalue weighted by Crippen LogP contribution is 2.31. The molecule has 96 valence electrons. The fraction of sp³-hybridized carbons (Fsp3) is 0.538. The Balaban J connectivity index is 2.85. The Morgan fingerprint density at radius 3 is 2.35 bits per heavy atom. The second kappa shape index (κ2) is 5.77. The van der Waals surface area contributed by atoms with E-state index >= 15 is 0 Å². The third-order valence-electron chi connectivity index (χ3n) is 2.64. The van der Waals surface area contributed by atoms with Crippen LogP contribution in [0.2, 0.25) is 0 Å². The van der Waals surface area contributed by atoms with Crippen molar-refractivity contribution in [1.29, 1.82) is 0 Å². The van der Waals surface area contributed by atoms with Crippen molar-refractivity contribution in [2.45, 2.75) is 25.8 Å². The van der Waals surface area contributed by atoms with Gasteiger partial charge in [-0.1, -0.05) is 0 Å². The van der Waals surface area contributed by atoms with E-state index in [-0.39, 0.29) is 5.54 Å². The highest BCUT2D eigenvalue weighted by Gasteiger charge is 2.16. The summed E-state index contributed by atoms with van der Waals surface area (Å²) in [6.45, 7) is 4.90. The Hall–Kier alpha value is -1.42.